The number of carbonyl (C=O) groups is 2. The van der Waals surface area contributed by atoms with E-state index in [0.29, 0.717) is 6.42 Å². The van der Waals surface area contributed by atoms with Gasteiger partial charge in [0, 0.05) is 13.5 Å². The Bertz CT molecular complexity index is 321. The molecule has 1 fully saturated rings. The largest absolute Gasteiger partial charge is 0.446 e. The van der Waals surface area contributed by atoms with Crippen molar-refractivity contribution in [2.45, 2.75) is 70.6 Å². The standard InChI is InChI=1S/C14H25NO4/c1-5-11(16)12(14(2,3)18-4)15-13(17)19-10-8-6-7-9-10/h10,12H,5-9H2,1-4H3,(H,15,17)/t12-/m1/s1. The molecule has 0 unspecified atom stereocenters. The highest BCUT2D eigenvalue weighted by molar-refractivity contribution is 5.88. The minimum atomic E-state index is -0.748. The van der Waals surface area contributed by atoms with Gasteiger partial charge in [0.25, 0.3) is 0 Å². The van der Waals surface area contributed by atoms with Crippen LogP contribution < -0.4 is 5.32 Å². The number of carbonyl (C=O) groups excluding carboxylic acids is 2. The second-order valence-corrected chi connectivity index (χ2v) is 5.52. The summed E-state index contributed by atoms with van der Waals surface area (Å²) in [5.74, 6) is -0.0600. The molecule has 0 saturated heterocycles. The van der Waals surface area contributed by atoms with Crippen LogP contribution in [0.15, 0.2) is 0 Å². The number of ether oxygens (including phenoxy) is 2. The zero-order valence-corrected chi connectivity index (χ0v) is 12.3. The van der Waals surface area contributed by atoms with E-state index in [9.17, 15) is 9.59 Å². The number of hydrogen-bond donors (Lipinski definition) is 1. The van der Waals surface area contributed by atoms with Gasteiger partial charge in [0.15, 0.2) is 5.78 Å². The van der Waals surface area contributed by atoms with E-state index in [1.807, 2.05) is 0 Å². The van der Waals surface area contributed by atoms with Crippen LogP contribution in [0.2, 0.25) is 0 Å². The van der Waals surface area contributed by atoms with Crippen molar-refractivity contribution in [2.24, 2.45) is 0 Å². The zero-order chi connectivity index (χ0) is 14.5. The SMILES string of the molecule is CCC(=O)[C@@H](NC(=O)OC1CCCC1)C(C)(C)OC. The monoisotopic (exact) mass is 271 g/mol. The van der Waals surface area contributed by atoms with E-state index in [2.05, 4.69) is 5.32 Å². The fraction of sp³-hybridized carbons (Fsp3) is 0.857. The van der Waals surface area contributed by atoms with Gasteiger partial charge in [-0.1, -0.05) is 6.92 Å². The van der Waals surface area contributed by atoms with Crippen molar-refractivity contribution in [3.8, 4) is 0 Å². The molecule has 5 heteroatoms. The molecule has 1 N–H and O–H groups in total. The maximum Gasteiger partial charge on any atom is 0.408 e. The van der Waals surface area contributed by atoms with Crippen LogP contribution in [0, 0.1) is 0 Å². The lowest BCUT2D eigenvalue weighted by atomic mass is 9.93. The third-order valence-electron chi connectivity index (χ3n) is 3.73. The molecule has 1 saturated carbocycles. The Morgan fingerprint density at radius 2 is 1.89 bits per heavy atom. The van der Waals surface area contributed by atoms with Crippen molar-refractivity contribution in [2.75, 3.05) is 7.11 Å². The van der Waals surface area contributed by atoms with E-state index in [1.165, 1.54) is 7.11 Å². The molecular formula is C14H25NO4. The number of methoxy groups -OCH3 is 1. The van der Waals surface area contributed by atoms with Gasteiger partial charge in [-0.05, 0) is 39.5 Å². The molecule has 0 aromatic carbocycles. The lowest BCUT2D eigenvalue weighted by Crippen LogP contribution is -2.55. The molecule has 0 spiro atoms. The fourth-order valence-corrected chi connectivity index (χ4v) is 2.27. The molecule has 19 heavy (non-hydrogen) atoms. The van der Waals surface area contributed by atoms with Crippen molar-refractivity contribution in [3.05, 3.63) is 0 Å². The van der Waals surface area contributed by atoms with Gasteiger partial charge in [-0.25, -0.2) is 4.79 Å². The van der Waals surface area contributed by atoms with Crippen molar-refractivity contribution in [1.29, 1.82) is 0 Å². The maximum absolute atomic E-state index is 11.9. The molecule has 0 heterocycles. The summed E-state index contributed by atoms with van der Waals surface area (Å²) in [6, 6.07) is -0.684. The van der Waals surface area contributed by atoms with Crippen LogP contribution in [0.5, 0.6) is 0 Å². The number of ketones is 1. The van der Waals surface area contributed by atoms with E-state index in [1.54, 1.807) is 20.8 Å². The highest BCUT2D eigenvalue weighted by Gasteiger charge is 2.36. The summed E-state index contributed by atoms with van der Waals surface area (Å²) in [5.41, 5.74) is -0.748. The number of amides is 1. The first-order chi connectivity index (χ1) is 8.90. The normalized spacial score (nSPS) is 18.1. The summed E-state index contributed by atoms with van der Waals surface area (Å²) in [7, 11) is 1.53. The first kappa shape index (κ1) is 16.0. The average Bonchev–Trinajstić information content (AvgIpc) is 2.87. The average molecular weight is 271 g/mol. The summed E-state index contributed by atoms with van der Waals surface area (Å²) < 4.78 is 10.6. The topological polar surface area (TPSA) is 64.6 Å². The summed E-state index contributed by atoms with van der Waals surface area (Å²) in [6.45, 7) is 5.33. The molecular weight excluding hydrogens is 246 g/mol. The van der Waals surface area contributed by atoms with E-state index in [-0.39, 0.29) is 11.9 Å². The molecule has 0 aromatic heterocycles. The van der Waals surface area contributed by atoms with Crippen LogP contribution >= 0.6 is 0 Å². The summed E-state index contributed by atoms with van der Waals surface area (Å²) in [6.07, 6.45) is 3.83. The van der Waals surface area contributed by atoms with Crippen LogP contribution in [0.4, 0.5) is 4.79 Å². The fourth-order valence-electron chi connectivity index (χ4n) is 2.27. The van der Waals surface area contributed by atoms with Gasteiger partial charge in [-0.15, -0.1) is 0 Å². The molecule has 0 aromatic rings. The van der Waals surface area contributed by atoms with Gasteiger partial charge >= 0.3 is 6.09 Å². The van der Waals surface area contributed by atoms with Crippen LogP contribution in [0.1, 0.15) is 52.9 Å². The third-order valence-corrected chi connectivity index (χ3v) is 3.73. The van der Waals surface area contributed by atoms with Crippen molar-refractivity contribution >= 4 is 11.9 Å². The minimum Gasteiger partial charge on any atom is -0.446 e. The van der Waals surface area contributed by atoms with Gasteiger partial charge in [-0.3, -0.25) is 4.79 Å². The smallest absolute Gasteiger partial charge is 0.408 e. The Labute approximate surface area is 115 Å². The molecule has 0 radical (unpaired) electrons. The predicted molar refractivity (Wildman–Crippen MR) is 72.0 cm³/mol. The lowest BCUT2D eigenvalue weighted by Gasteiger charge is -2.32. The molecule has 5 nitrogen and oxygen atoms in total. The van der Waals surface area contributed by atoms with Gasteiger partial charge in [0.1, 0.15) is 12.1 Å². The van der Waals surface area contributed by atoms with Crippen LogP contribution in [0.25, 0.3) is 0 Å². The minimum absolute atomic E-state index is 0.0111. The van der Waals surface area contributed by atoms with E-state index >= 15 is 0 Å². The molecule has 1 aliphatic carbocycles. The first-order valence-corrected chi connectivity index (χ1v) is 6.95. The van der Waals surface area contributed by atoms with Gasteiger partial charge < -0.3 is 14.8 Å². The highest BCUT2D eigenvalue weighted by atomic mass is 16.6. The van der Waals surface area contributed by atoms with Crippen molar-refractivity contribution < 1.29 is 19.1 Å². The van der Waals surface area contributed by atoms with Crippen LogP contribution in [-0.2, 0) is 14.3 Å². The molecule has 1 amide bonds. The Kier molecular flexibility index (Phi) is 5.79. The summed E-state index contributed by atoms with van der Waals surface area (Å²) in [4.78, 5) is 23.8. The maximum atomic E-state index is 11.9. The van der Waals surface area contributed by atoms with E-state index < -0.39 is 17.7 Å². The molecule has 1 aliphatic rings. The summed E-state index contributed by atoms with van der Waals surface area (Å²) in [5, 5.41) is 2.65. The third kappa shape index (κ3) is 4.49. The first-order valence-electron chi connectivity index (χ1n) is 6.95. The van der Waals surface area contributed by atoms with Gasteiger partial charge in [-0.2, -0.15) is 0 Å². The summed E-state index contributed by atoms with van der Waals surface area (Å²) >= 11 is 0. The highest BCUT2D eigenvalue weighted by Crippen LogP contribution is 2.21. The molecule has 0 aliphatic heterocycles. The Morgan fingerprint density at radius 3 is 2.37 bits per heavy atom. The van der Waals surface area contributed by atoms with Crippen LogP contribution in [-0.4, -0.2) is 36.7 Å². The van der Waals surface area contributed by atoms with Gasteiger partial charge in [0.2, 0.25) is 0 Å². The van der Waals surface area contributed by atoms with E-state index in [0.717, 1.165) is 25.7 Å². The number of rotatable bonds is 6. The number of Topliss-reactive ketones (excluding diaryl/α,β-unsaturated/α-hetero) is 1. The van der Waals surface area contributed by atoms with Crippen molar-refractivity contribution in [3.63, 3.8) is 0 Å². The molecule has 110 valence electrons. The second kappa shape index (κ2) is 6.89. The second-order valence-electron chi connectivity index (χ2n) is 5.52. The molecule has 0 bridgehead atoms. The van der Waals surface area contributed by atoms with Crippen molar-refractivity contribution in [1.82, 2.24) is 5.32 Å². The predicted octanol–water partition coefficient (Wildman–Crippen LogP) is 2.43. The lowest BCUT2D eigenvalue weighted by molar-refractivity contribution is -0.127. The number of hydrogen-bond acceptors (Lipinski definition) is 4. The molecule has 1 rings (SSSR count). The zero-order valence-electron chi connectivity index (χ0n) is 12.3. The molecule has 1 atom stereocenters. The quantitative estimate of drug-likeness (QED) is 0.805. The van der Waals surface area contributed by atoms with Gasteiger partial charge in [0.05, 0.1) is 5.60 Å². The van der Waals surface area contributed by atoms with E-state index in [4.69, 9.17) is 9.47 Å². The number of nitrogens with one attached hydrogen (secondary N) is 1. The Morgan fingerprint density at radius 1 is 1.32 bits per heavy atom. The Balaban J connectivity index is 2.61. The number of alkyl carbamates (subject to hydrolysis) is 1. The Hall–Kier alpha value is -1.10. The van der Waals surface area contributed by atoms with Crippen LogP contribution in [0.3, 0.4) is 0 Å².